The molecule has 1 atom stereocenters. The van der Waals surface area contributed by atoms with Crippen molar-refractivity contribution >= 4 is 46.9 Å². The summed E-state index contributed by atoms with van der Waals surface area (Å²) < 4.78 is 34.1. The molecule has 0 unspecified atom stereocenters. The molecule has 45 heavy (non-hydrogen) atoms. The maximum atomic E-state index is 13.9. The topological polar surface area (TPSA) is 145 Å². The van der Waals surface area contributed by atoms with Gasteiger partial charge < -0.3 is 10.1 Å². The molecule has 2 N–H and O–H groups in total. The van der Waals surface area contributed by atoms with Crippen LogP contribution in [0, 0.1) is 11.6 Å². The summed E-state index contributed by atoms with van der Waals surface area (Å²) in [5.74, 6) is -2.82. The molecule has 0 aliphatic heterocycles. The molecule has 232 valence electrons. The fraction of sp³-hybridized carbons (Fsp3) is 0.194. The van der Waals surface area contributed by atoms with Crippen molar-refractivity contribution in [2.45, 2.75) is 32.2 Å². The van der Waals surface area contributed by atoms with Crippen LogP contribution in [0.2, 0.25) is 5.02 Å². The van der Waals surface area contributed by atoms with Crippen LogP contribution in [-0.2, 0) is 32.0 Å². The number of nitrogens with zero attached hydrogens (tertiary/aromatic N) is 4. The molecule has 3 aromatic carbocycles. The molecule has 0 spiro atoms. The number of ketones is 2. The predicted octanol–water partition coefficient (Wildman–Crippen LogP) is 4.67. The van der Waals surface area contributed by atoms with Gasteiger partial charge >= 0.3 is 6.09 Å². The number of rotatable bonds is 13. The first-order valence-electron chi connectivity index (χ1n) is 13.6. The lowest BCUT2D eigenvalue weighted by Crippen LogP contribution is -2.42. The number of aromatic nitrogens is 4. The van der Waals surface area contributed by atoms with E-state index in [1.165, 1.54) is 30.1 Å². The highest BCUT2D eigenvalue weighted by Crippen LogP contribution is 2.20. The Morgan fingerprint density at radius 3 is 2.40 bits per heavy atom. The van der Waals surface area contributed by atoms with Crippen molar-refractivity contribution in [3.8, 4) is 5.69 Å². The fourth-order valence-corrected chi connectivity index (χ4v) is 4.39. The van der Waals surface area contributed by atoms with Crippen LogP contribution in [0.25, 0.3) is 11.8 Å². The lowest BCUT2D eigenvalue weighted by molar-refractivity contribution is -0.125. The van der Waals surface area contributed by atoms with Gasteiger partial charge in [0.05, 0.1) is 11.7 Å². The van der Waals surface area contributed by atoms with Gasteiger partial charge in [-0.1, -0.05) is 23.7 Å². The fourth-order valence-electron chi connectivity index (χ4n) is 4.21. The van der Waals surface area contributed by atoms with Gasteiger partial charge in [0.15, 0.2) is 5.78 Å². The molecule has 4 aromatic rings. The van der Waals surface area contributed by atoms with Crippen LogP contribution in [0.15, 0.2) is 73.1 Å². The molecular formula is C31H27ClF2N6O5. The number of nitrogens with one attached hydrogen (secondary N) is 2. The summed E-state index contributed by atoms with van der Waals surface area (Å²) in [5.41, 5.74) is 2.18. The van der Waals surface area contributed by atoms with Gasteiger partial charge in [0.2, 0.25) is 5.91 Å². The summed E-state index contributed by atoms with van der Waals surface area (Å²) in [6, 6.07) is 13.0. The zero-order valence-electron chi connectivity index (χ0n) is 23.9. The quantitative estimate of drug-likeness (QED) is 0.201. The van der Waals surface area contributed by atoms with Gasteiger partial charge in [0.25, 0.3) is 0 Å². The zero-order chi connectivity index (χ0) is 32.3. The third-order valence-electron chi connectivity index (χ3n) is 6.33. The van der Waals surface area contributed by atoms with Crippen LogP contribution >= 0.6 is 11.6 Å². The van der Waals surface area contributed by atoms with Crippen molar-refractivity contribution in [3.05, 3.63) is 106 Å². The number of hydrogen-bond acceptors (Lipinski definition) is 8. The summed E-state index contributed by atoms with van der Waals surface area (Å²) in [4.78, 5) is 49.3. The van der Waals surface area contributed by atoms with E-state index in [0.717, 1.165) is 12.1 Å². The van der Waals surface area contributed by atoms with Crippen molar-refractivity contribution in [2.24, 2.45) is 0 Å². The van der Waals surface area contributed by atoms with E-state index in [1.54, 1.807) is 42.5 Å². The van der Waals surface area contributed by atoms with Crippen molar-refractivity contribution < 1.29 is 32.7 Å². The number of Topliss-reactive ketones (excluding diaryl/α,β-unsaturated/α-hetero) is 2. The number of hydrogen-bond donors (Lipinski definition) is 2. The molecule has 1 heterocycles. The second kappa shape index (κ2) is 15.4. The maximum Gasteiger partial charge on any atom is 0.411 e. The van der Waals surface area contributed by atoms with Crippen molar-refractivity contribution in [1.82, 2.24) is 25.5 Å². The van der Waals surface area contributed by atoms with Gasteiger partial charge in [0.1, 0.15) is 30.4 Å². The molecule has 4 rings (SSSR count). The Kier molecular flexibility index (Phi) is 11.2. The van der Waals surface area contributed by atoms with Crippen LogP contribution in [-0.4, -0.2) is 56.4 Å². The van der Waals surface area contributed by atoms with Crippen molar-refractivity contribution in [1.29, 1.82) is 0 Å². The summed E-state index contributed by atoms with van der Waals surface area (Å²) in [6.45, 7) is 1.34. The van der Waals surface area contributed by atoms with E-state index in [9.17, 15) is 28.0 Å². The lowest BCUT2D eigenvalue weighted by atomic mass is 9.97. The standard InChI is InChI=1S/C31H27ClF2N6O5/c1-19(41)10-11-45-31(44)36-26-6-2-20(3-7-26)15-29(42)27(14-21-12-24(33)17-25(34)13-21)37-30(43)9-4-22-16-23(32)5-8-28(22)40-18-35-38-39-40/h2-9,12-13,16-18,27H,10-11,14-15H2,1H3,(H,36,44)(H,37,43)/b9-4+/t27-/m0/s1. The Hall–Kier alpha value is -5.30. The van der Waals surface area contributed by atoms with Crippen LogP contribution in [0.3, 0.4) is 0 Å². The first kappa shape index (κ1) is 32.6. The number of carbonyl (C=O) groups is 4. The molecular weight excluding hydrogens is 610 g/mol. The number of halogens is 3. The number of anilines is 1. The van der Waals surface area contributed by atoms with Crippen molar-refractivity contribution in [3.63, 3.8) is 0 Å². The Bertz CT molecular complexity index is 1690. The van der Waals surface area contributed by atoms with E-state index in [1.807, 2.05) is 0 Å². The molecule has 11 nitrogen and oxygen atoms in total. The third kappa shape index (κ3) is 10.1. The number of benzene rings is 3. The highest BCUT2D eigenvalue weighted by atomic mass is 35.5. The van der Waals surface area contributed by atoms with Crippen LogP contribution in [0.1, 0.15) is 30.0 Å². The average Bonchev–Trinajstić information content (AvgIpc) is 3.51. The molecule has 0 saturated heterocycles. The third-order valence-corrected chi connectivity index (χ3v) is 6.57. The van der Waals surface area contributed by atoms with Gasteiger partial charge in [0, 0.05) is 41.3 Å². The number of amides is 2. The summed E-state index contributed by atoms with van der Waals surface area (Å²) in [5, 5.41) is 16.6. The van der Waals surface area contributed by atoms with Gasteiger partial charge in [-0.05, 0) is 83.4 Å². The molecule has 0 fully saturated rings. The largest absolute Gasteiger partial charge is 0.449 e. The van der Waals surface area contributed by atoms with Crippen LogP contribution in [0.5, 0.6) is 0 Å². The van der Waals surface area contributed by atoms with Crippen molar-refractivity contribution in [2.75, 3.05) is 11.9 Å². The Labute approximate surface area is 261 Å². The SMILES string of the molecule is CC(=O)CCOC(=O)Nc1ccc(CC(=O)[C@H](Cc2cc(F)cc(F)c2)NC(=O)/C=C/c2cc(Cl)ccc2-n2cnnn2)cc1. The van der Waals surface area contributed by atoms with E-state index in [0.29, 0.717) is 33.6 Å². The Morgan fingerprint density at radius 1 is 1.00 bits per heavy atom. The molecule has 0 aliphatic carbocycles. The van der Waals surface area contributed by atoms with Crippen LogP contribution in [0.4, 0.5) is 19.3 Å². The highest BCUT2D eigenvalue weighted by molar-refractivity contribution is 6.30. The van der Waals surface area contributed by atoms with Gasteiger partial charge in [-0.25, -0.2) is 13.6 Å². The summed E-state index contributed by atoms with van der Waals surface area (Å²) >= 11 is 6.14. The average molecular weight is 637 g/mol. The van der Waals surface area contributed by atoms with Gasteiger partial charge in [-0.3, -0.25) is 19.7 Å². The second-order valence-electron chi connectivity index (χ2n) is 9.89. The lowest BCUT2D eigenvalue weighted by Gasteiger charge is -2.18. The highest BCUT2D eigenvalue weighted by Gasteiger charge is 2.22. The number of tetrazole rings is 1. The normalized spacial score (nSPS) is 11.6. The number of ether oxygens (including phenoxy) is 1. The minimum Gasteiger partial charge on any atom is -0.449 e. The molecule has 2 amide bonds. The minimum atomic E-state index is -1.14. The zero-order valence-corrected chi connectivity index (χ0v) is 24.6. The first-order valence-corrected chi connectivity index (χ1v) is 13.9. The maximum absolute atomic E-state index is 13.9. The molecule has 14 heteroatoms. The Morgan fingerprint density at radius 2 is 1.73 bits per heavy atom. The predicted molar refractivity (Wildman–Crippen MR) is 161 cm³/mol. The monoisotopic (exact) mass is 636 g/mol. The van der Waals surface area contributed by atoms with E-state index in [-0.39, 0.29) is 37.2 Å². The summed E-state index contributed by atoms with van der Waals surface area (Å²) in [6.07, 6.45) is 3.10. The van der Waals surface area contributed by atoms with Crippen LogP contribution < -0.4 is 10.6 Å². The second-order valence-corrected chi connectivity index (χ2v) is 10.3. The Balaban J connectivity index is 1.47. The van der Waals surface area contributed by atoms with E-state index >= 15 is 0 Å². The van der Waals surface area contributed by atoms with Gasteiger partial charge in [-0.2, -0.15) is 4.68 Å². The molecule has 0 saturated carbocycles. The molecule has 0 bridgehead atoms. The van der Waals surface area contributed by atoms with Gasteiger partial charge in [-0.15, -0.1) is 5.10 Å². The molecule has 0 aliphatic rings. The summed E-state index contributed by atoms with van der Waals surface area (Å²) in [7, 11) is 0. The minimum absolute atomic E-state index is 0.0508. The molecule has 0 radical (unpaired) electrons. The van der Waals surface area contributed by atoms with E-state index in [4.69, 9.17) is 16.3 Å². The van der Waals surface area contributed by atoms with E-state index < -0.39 is 35.5 Å². The smallest absolute Gasteiger partial charge is 0.411 e. The molecule has 1 aromatic heterocycles. The number of carbonyl (C=O) groups excluding carboxylic acids is 4. The van der Waals surface area contributed by atoms with E-state index in [2.05, 4.69) is 26.2 Å². The first-order chi connectivity index (χ1) is 21.5.